The van der Waals surface area contributed by atoms with Gasteiger partial charge in [0.1, 0.15) is 0 Å². The van der Waals surface area contributed by atoms with E-state index in [1.54, 1.807) is 27.2 Å². The summed E-state index contributed by atoms with van der Waals surface area (Å²) in [5.41, 5.74) is 2.09. The number of ether oxygens (including phenoxy) is 1. The molecule has 0 aliphatic carbocycles. The van der Waals surface area contributed by atoms with Gasteiger partial charge in [-0.15, -0.1) is 11.6 Å². The lowest BCUT2D eigenvalue weighted by Gasteiger charge is -2.10. The first-order chi connectivity index (χ1) is 8.47. The smallest absolute Gasteiger partial charge is 0.278 e. The number of nitro groups is 1. The Morgan fingerprint density at radius 1 is 1.56 bits per heavy atom. The molecule has 0 fully saturated rings. The monoisotopic (exact) mass is 272 g/mol. The number of hydrogen-bond donors (Lipinski definition) is 0. The first-order valence-electron chi connectivity index (χ1n) is 5.69. The molecule has 0 spiro atoms. The van der Waals surface area contributed by atoms with Crippen molar-refractivity contribution >= 4 is 17.3 Å². The van der Waals surface area contributed by atoms with E-state index in [1.807, 2.05) is 0 Å². The number of alkyl halides is 1. The van der Waals surface area contributed by atoms with Gasteiger partial charge in [0.2, 0.25) is 0 Å². The van der Waals surface area contributed by atoms with E-state index >= 15 is 0 Å². The third kappa shape index (κ3) is 3.65. The van der Waals surface area contributed by atoms with Gasteiger partial charge in [0, 0.05) is 24.4 Å². The van der Waals surface area contributed by atoms with Crippen molar-refractivity contribution in [1.82, 2.24) is 4.98 Å². The van der Waals surface area contributed by atoms with E-state index in [2.05, 4.69) is 4.98 Å². The van der Waals surface area contributed by atoms with Gasteiger partial charge in [-0.3, -0.25) is 15.1 Å². The number of aryl methyl sites for hydroxylation is 2. The second-order valence-corrected chi connectivity index (χ2v) is 4.83. The van der Waals surface area contributed by atoms with Crippen LogP contribution in [-0.2, 0) is 11.2 Å². The highest BCUT2D eigenvalue weighted by atomic mass is 35.5. The van der Waals surface area contributed by atoms with Gasteiger partial charge in [-0.25, -0.2) is 0 Å². The molecular weight excluding hydrogens is 256 g/mol. The Labute approximate surface area is 111 Å². The van der Waals surface area contributed by atoms with Gasteiger partial charge in [0.15, 0.2) is 0 Å². The molecule has 1 unspecified atom stereocenters. The Morgan fingerprint density at radius 3 is 2.78 bits per heavy atom. The molecular formula is C12H17ClN2O3. The number of hydrogen-bond acceptors (Lipinski definition) is 4. The standard InChI is InChI=1S/C12H17ClN2O3/c1-8-6-14-11(5-4-10(13)7-18-3)9(2)12(8)15(16)17/h6,10H,4-5,7H2,1-3H3. The Morgan fingerprint density at radius 2 is 2.22 bits per heavy atom. The zero-order chi connectivity index (χ0) is 13.7. The Balaban J connectivity index is 2.85. The normalized spacial score (nSPS) is 12.4. The third-order valence-electron chi connectivity index (χ3n) is 2.80. The third-order valence-corrected chi connectivity index (χ3v) is 3.14. The van der Waals surface area contributed by atoms with Gasteiger partial charge >= 0.3 is 0 Å². The Bertz CT molecular complexity index is 438. The number of halogens is 1. The molecule has 0 radical (unpaired) electrons. The lowest BCUT2D eigenvalue weighted by Crippen LogP contribution is -2.10. The van der Waals surface area contributed by atoms with Gasteiger partial charge in [0.05, 0.1) is 22.6 Å². The van der Waals surface area contributed by atoms with Crippen LogP contribution in [0.5, 0.6) is 0 Å². The van der Waals surface area contributed by atoms with Crippen molar-refractivity contribution in [3.05, 3.63) is 33.1 Å². The van der Waals surface area contributed by atoms with Gasteiger partial charge in [0.25, 0.3) is 5.69 Å². The molecule has 0 N–H and O–H groups in total. The van der Waals surface area contributed by atoms with Crippen molar-refractivity contribution in [1.29, 1.82) is 0 Å². The van der Waals surface area contributed by atoms with Crippen LogP contribution >= 0.6 is 11.6 Å². The fourth-order valence-corrected chi connectivity index (χ4v) is 2.09. The van der Waals surface area contributed by atoms with Crippen LogP contribution in [0, 0.1) is 24.0 Å². The highest BCUT2D eigenvalue weighted by Gasteiger charge is 2.19. The van der Waals surface area contributed by atoms with E-state index < -0.39 is 0 Å². The van der Waals surface area contributed by atoms with E-state index in [9.17, 15) is 10.1 Å². The van der Waals surface area contributed by atoms with E-state index in [0.717, 1.165) is 5.69 Å². The largest absolute Gasteiger partial charge is 0.383 e. The average Bonchev–Trinajstić information content (AvgIpc) is 2.28. The average molecular weight is 273 g/mol. The molecule has 0 amide bonds. The van der Waals surface area contributed by atoms with Crippen molar-refractivity contribution in [2.75, 3.05) is 13.7 Å². The summed E-state index contributed by atoms with van der Waals surface area (Å²) in [4.78, 5) is 14.9. The van der Waals surface area contributed by atoms with Crippen LogP contribution in [0.15, 0.2) is 6.20 Å². The molecule has 0 aliphatic heterocycles. The van der Waals surface area contributed by atoms with Gasteiger partial charge in [-0.2, -0.15) is 0 Å². The highest BCUT2D eigenvalue weighted by Crippen LogP contribution is 2.25. The van der Waals surface area contributed by atoms with Gasteiger partial charge in [-0.1, -0.05) is 0 Å². The molecule has 6 heteroatoms. The Hall–Kier alpha value is -1.20. The van der Waals surface area contributed by atoms with E-state index in [0.29, 0.717) is 30.6 Å². The predicted octanol–water partition coefficient (Wildman–Crippen LogP) is 2.79. The summed E-state index contributed by atoms with van der Waals surface area (Å²) in [6.45, 7) is 3.89. The zero-order valence-electron chi connectivity index (χ0n) is 10.8. The second kappa shape index (κ2) is 6.66. The van der Waals surface area contributed by atoms with Crippen LogP contribution in [0.2, 0.25) is 0 Å². The second-order valence-electron chi connectivity index (χ2n) is 4.21. The molecule has 1 rings (SSSR count). The van der Waals surface area contributed by atoms with Crippen LogP contribution in [-0.4, -0.2) is 29.0 Å². The fourth-order valence-electron chi connectivity index (χ4n) is 1.86. The molecule has 0 bridgehead atoms. The first kappa shape index (κ1) is 14.9. The summed E-state index contributed by atoms with van der Waals surface area (Å²) in [6.07, 6.45) is 2.84. The summed E-state index contributed by atoms with van der Waals surface area (Å²) in [5, 5.41) is 10.9. The molecule has 0 saturated carbocycles. The van der Waals surface area contributed by atoms with Crippen LogP contribution in [0.1, 0.15) is 23.2 Å². The topological polar surface area (TPSA) is 65.3 Å². The van der Waals surface area contributed by atoms with Crippen LogP contribution in [0.25, 0.3) is 0 Å². The molecule has 0 aliphatic rings. The number of methoxy groups -OCH3 is 1. The van der Waals surface area contributed by atoms with Crippen molar-refractivity contribution in [3.8, 4) is 0 Å². The Kier molecular flexibility index (Phi) is 5.50. The number of nitrogens with zero attached hydrogens (tertiary/aromatic N) is 2. The molecule has 1 aromatic rings. The van der Waals surface area contributed by atoms with Gasteiger partial charge < -0.3 is 4.74 Å². The molecule has 1 atom stereocenters. The first-order valence-corrected chi connectivity index (χ1v) is 6.13. The van der Waals surface area contributed by atoms with Crippen molar-refractivity contribution in [2.24, 2.45) is 0 Å². The maximum absolute atomic E-state index is 11.0. The van der Waals surface area contributed by atoms with Crippen LogP contribution in [0.3, 0.4) is 0 Å². The highest BCUT2D eigenvalue weighted by molar-refractivity contribution is 6.20. The predicted molar refractivity (Wildman–Crippen MR) is 70.2 cm³/mol. The molecule has 1 aromatic heterocycles. The van der Waals surface area contributed by atoms with Crippen molar-refractivity contribution in [3.63, 3.8) is 0 Å². The quantitative estimate of drug-likeness (QED) is 0.454. The van der Waals surface area contributed by atoms with Crippen LogP contribution in [0.4, 0.5) is 5.69 Å². The minimum Gasteiger partial charge on any atom is -0.383 e. The zero-order valence-corrected chi connectivity index (χ0v) is 11.5. The van der Waals surface area contributed by atoms with Crippen LogP contribution < -0.4 is 0 Å². The summed E-state index contributed by atoms with van der Waals surface area (Å²) in [6, 6.07) is 0. The summed E-state index contributed by atoms with van der Waals surface area (Å²) in [7, 11) is 1.59. The molecule has 100 valence electrons. The fraction of sp³-hybridized carbons (Fsp3) is 0.583. The van der Waals surface area contributed by atoms with E-state index in [-0.39, 0.29) is 16.0 Å². The molecule has 0 aromatic carbocycles. The SMILES string of the molecule is COCC(Cl)CCc1ncc(C)c([N+](=O)[O-])c1C. The van der Waals surface area contributed by atoms with Crippen molar-refractivity contribution < 1.29 is 9.66 Å². The van der Waals surface area contributed by atoms with Crippen molar-refractivity contribution in [2.45, 2.75) is 32.1 Å². The number of rotatable bonds is 6. The maximum Gasteiger partial charge on any atom is 0.278 e. The molecule has 1 heterocycles. The number of aromatic nitrogens is 1. The van der Waals surface area contributed by atoms with Gasteiger partial charge in [-0.05, 0) is 26.7 Å². The molecule has 18 heavy (non-hydrogen) atoms. The van der Waals surface area contributed by atoms with E-state index in [1.165, 1.54) is 0 Å². The van der Waals surface area contributed by atoms with E-state index in [4.69, 9.17) is 16.3 Å². The summed E-state index contributed by atoms with van der Waals surface area (Å²) in [5.74, 6) is 0. The lowest BCUT2D eigenvalue weighted by atomic mass is 10.1. The minimum absolute atomic E-state index is 0.100. The maximum atomic E-state index is 11.0. The summed E-state index contributed by atoms with van der Waals surface area (Å²) >= 11 is 6.03. The summed E-state index contributed by atoms with van der Waals surface area (Å²) < 4.78 is 4.94. The minimum atomic E-state index is -0.358. The lowest BCUT2D eigenvalue weighted by molar-refractivity contribution is -0.386. The molecule has 5 nitrogen and oxygen atoms in total. The molecule has 0 saturated heterocycles. The number of pyridine rings is 1.